The van der Waals surface area contributed by atoms with E-state index in [-0.39, 0.29) is 30.2 Å². The first-order chi connectivity index (χ1) is 13.7. The number of benzene rings is 1. The predicted octanol–water partition coefficient (Wildman–Crippen LogP) is 3.06. The van der Waals surface area contributed by atoms with Gasteiger partial charge in [-0.15, -0.1) is 11.3 Å². The molecule has 0 spiro atoms. The highest BCUT2D eigenvalue weighted by Crippen LogP contribution is 2.21. The van der Waals surface area contributed by atoms with Crippen LogP contribution in [0.15, 0.2) is 75.4 Å². The lowest BCUT2D eigenvalue weighted by Crippen LogP contribution is -2.32. The molecule has 7 nitrogen and oxygen atoms in total. The molecule has 0 atom stereocenters. The normalized spacial score (nSPS) is 10.7. The number of hydrogen-bond donors (Lipinski definition) is 1. The van der Waals surface area contributed by atoms with Crippen LogP contribution in [-0.4, -0.2) is 27.4 Å². The van der Waals surface area contributed by atoms with Crippen LogP contribution in [0, 0.1) is 0 Å². The lowest BCUT2D eigenvalue weighted by Gasteiger charge is -2.07. The first-order valence-electron chi connectivity index (χ1n) is 8.63. The van der Waals surface area contributed by atoms with Crippen molar-refractivity contribution in [1.82, 2.24) is 20.3 Å². The fourth-order valence-corrected chi connectivity index (χ4v) is 3.34. The van der Waals surface area contributed by atoms with Gasteiger partial charge < -0.3 is 9.84 Å². The van der Waals surface area contributed by atoms with Gasteiger partial charge in [-0.05, 0) is 17.5 Å². The van der Waals surface area contributed by atoms with E-state index in [1.807, 2.05) is 47.8 Å². The Balaban J connectivity index is 1.39. The van der Waals surface area contributed by atoms with Crippen LogP contribution < -0.4 is 10.9 Å². The van der Waals surface area contributed by atoms with Crippen molar-refractivity contribution >= 4 is 17.2 Å². The van der Waals surface area contributed by atoms with E-state index in [4.69, 9.17) is 4.52 Å². The van der Waals surface area contributed by atoms with Gasteiger partial charge in [0, 0.05) is 24.2 Å². The lowest BCUT2D eigenvalue weighted by molar-refractivity contribution is 0.0943. The van der Waals surface area contributed by atoms with Gasteiger partial charge in [-0.2, -0.15) is 5.10 Å². The SMILES string of the molecule is O=C(NCCn1nc(-c2cccs2)ccc1=O)c1cc(-c2ccccc2)on1. The molecule has 0 unspecified atom stereocenters. The molecule has 0 saturated carbocycles. The second kappa shape index (κ2) is 8.01. The summed E-state index contributed by atoms with van der Waals surface area (Å²) in [7, 11) is 0. The van der Waals surface area contributed by atoms with Gasteiger partial charge in [0.2, 0.25) is 0 Å². The average Bonchev–Trinajstić information content (AvgIpc) is 3.42. The quantitative estimate of drug-likeness (QED) is 0.545. The zero-order chi connectivity index (χ0) is 19.3. The highest BCUT2D eigenvalue weighted by Gasteiger charge is 2.13. The van der Waals surface area contributed by atoms with E-state index in [1.54, 1.807) is 23.5 Å². The van der Waals surface area contributed by atoms with Crippen LogP contribution in [0.4, 0.5) is 0 Å². The third-order valence-corrected chi connectivity index (χ3v) is 4.94. The van der Waals surface area contributed by atoms with E-state index in [0.29, 0.717) is 5.76 Å². The van der Waals surface area contributed by atoms with Gasteiger partial charge in [-0.1, -0.05) is 41.6 Å². The third-order valence-electron chi connectivity index (χ3n) is 4.05. The van der Waals surface area contributed by atoms with E-state index < -0.39 is 0 Å². The molecule has 4 rings (SSSR count). The van der Waals surface area contributed by atoms with Crippen molar-refractivity contribution in [1.29, 1.82) is 0 Å². The second-order valence-corrected chi connectivity index (χ2v) is 6.90. The van der Waals surface area contributed by atoms with E-state index in [2.05, 4.69) is 15.6 Å². The maximum absolute atomic E-state index is 12.3. The Morgan fingerprint density at radius 1 is 1.11 bits per heavy atom. The number of amides is 1. The molecule has 1 amide bonds. The third kappa shape index (κ3) is 3.91. The Labute approximate surface area is 164 Å². The van der Waals surface area contributed by atoms with Gasteiger partial charge in [-0.25, -0.2) is 4.68 Å². The summed E-state index contributed by atoms with van der Waals surface area (Å²) < 4.78 is 6.58. The standard InChI is InChI=1S/C20H16N4O3S/c25-19-9-8-15(18-7-4-12-28-18)22-24(19)11-10-21-20(26)16-13-17(27-23-16)14-5-2-1-3-6-14/h1-9,12-13H,10-11H2,(H,21,26). The van der Waals surface area contributed by atoms with Gasteiger partial charge in [0.15, 0.2) is 11.5 Å². The minimum atomic E-state index is -0.367. The van der Waals surface area contributed by atoms with E-state index in [9.17, 15) is 9.59 Å². The Kier molecular flexibility index (Phi) is 5.11. The van der Waals surface area contributed by atoms with Crippen molar-refractivity contribution in [3.63, 3.8) is 0 Å². The van der Waals surface area contributed by atoms with E-state index >= 15 is 0 Å². The molecule has 140 valence electrons. The Morgan fingerprint density at radius 3 is 2.75 bits per heavy atom. The van der Waals surface area contributed by atoms with Crippen molar-refractivity contribution in [3.05, 3.63) is 82.1 Å². The van der Waals surface area contributed by atoms with Gasteiger partial charge in [0.05, 0.1) is 11.4 Å². The molecule has 1 N–H and O–H groups in total. The van der Waals surface area contributed by atoms with Crippen molar-refractivity contribution in [2.24, 2.45) is 0 Å². The molecule has 8 heteroatoms. The molecule has 28 heavy (non-hydrogen) atoms. The lowest BCUT2D eigenvalue weighted by atomic mass is 10.1. The molecule has 3 heterocycles. The number of hydrogen-bond acceptors (Lipinski definition) is 6. The summed E-state index contributed by atoms with van der Waals surface area (Å²) in [5.74, 6) is 0.153. The summed E-state index contributed by atoms with van der Waals surface area (Å²) in [6.07, 6.45) is 0. The maximum Gasteiger partial charge on any atom is 0.273 e. The van der Waals surface area contributed by atoms with Gasteiger partial charge in [0.25, 0.3) is 11.5 Å². The summed E-state index contributed by atoms with van der Waals surface area (Å²) in [6, 6.07) is 18.1. The van der Waals surface area contributed by atoms with E-state index in [0.717, 1.165) is 16.1 Å². The number of carbonyl (C=O) groups is 1. The predicted molar refractivity (Wildman–Crippen MR) is 106 cm³/mol. The molecule has 4 aromatic rings. The fourth-order valence-electron chi connectivity index (χ4n) is 2.65. The monoisotopic (exact) mass is 392 g/mol. The summed E-state index contributed by atoms with van der Waals surface area (Å²) in [6.45, 7) is 0.500. The van der Waals surface area contributed by atoms with Crippen LogP contribution in [0.5, 0.6) is 0 Å². The largest absolute Gasteiger partial charge is 0.355 e. The van der Waals surface area contributed by atoms with Crippen LogP contribution in [0.1, 0.15) is 10.5 Å². The maximum atomic E-state index is 12.3. The molecular formula is C20H16N4O3S. The van der Waals surface area contributed by atoms with Crippen LogP contribution in [0.2, 0.25) is 0 Å². The van der Waals surface area contributed by atoms with Crippen molar-refractivity contribution in [3.8, 4) is 21.9 Å². The minimum absolute atomic E-state index is 0.187. The smallest absolute Gasteiger partial charge is 0.273 e. The van der Waals surface area contributed by atoms with Crippen LogP contribution in [0.3, 0.4) is 0 Å². The number of carbonyl (C=O) groups excluding carboxylic acids is 1. The first-order valence-corrected chi connectivity index (χ1v) is 9.51. The van der Waals surface area contributed by atoms with E-state index in [1.165, 1.54) is 10.7 Å². The first kappa shape index (κ1) is 17.9. The number of thiophene rings is 1. The highest BCUT2D eigenvalue weighted by atomic mass is 32.1. The summed E-state index contributed by atoms with van der Waals surface area (Å²) in [5, 5.41) is 12.9. The summed E-state index contributed by atoms with van der Waals surface area (Å²) in [5.41, 5.74) is 1.54. The van der Waals surface area contributed by atoms with Crippen LogP contribution in [0.25, 0.3) is 21.9 Å². The molecule has 1 aromatic carbocycles. The van der Waals surface area contributed by atoms with Gasteiger partial charge >= 0.3 is 0 Å². The number of rotatable bonds is 6. The second-order valence-electron chi connectivity index (χ2n) is 5.96. The molecule has 0 saturated heterocycles. The Morgan fingerprint density at radius 2 is 1.96 bits per heavy atom. The number of nitrogens with one attached hydrogen (secondary N) is 1. The minimum Gasteiger partial charge on any atom is -0.355 e. The Bertz CT molecular complexity index is 1130. The molecule has 0 aliphatic rings. The zero-order valence-electron chi connectivity index (χ0n) is 14.7. The van der Waals surface area contributed by atoms with Gasteiger partial charge in [0.1, 0.15) is 5.69 Å². The van der Waals surface area contributed by atoms with Gasteiger partial charge in [-0.3, -0.25) is 9.59 Å². The fraction of sp³-hybridized carbons (Fsp3) is 0.100. The molecule has 0 aliphatic carbocycles. The molecule has 0 radical (unpaired) electrons. The van der Waals surface area contributed by atoms with Crippen LogP contribution in [-0.2, 0) is 6.54 Å². The molecule has 3 aromatic heterocycles. The van der Waals surface area contributed by atoms with Crippen molar-refractivity contribution < 1.29 is 9.32 Å². The van der Waals surface area contributed by atoms with Crippen molar-refractivity contribution in [2.45, 2.75) is 6.54 Å². The number of aromatic nitrogens is 3. The zero-order valence-corrected chi connectivity index (χ0v) is 15.6. The molecule has 0 bridgehead atoms. The molecule has 0 fully saturated rings. The summed E-state index contributed by atoms with van der Waals surface area (Å²) in [4.78, 5) is 25.3. The molecular weight excluding hydrogens is 376 g/mol. The summed E-state index contributed by atoms with van der Waals surface area (Å²) >= 11 is 1.55. The molecule has 0 aliphatic heterocycles. The highest BCUT2D eigenvalue weighted by molar-refractivity contribution is 7.13. The van der Waals surface area contributed by atoms with Crippen LogP contribution >= 0.6 is 11.3 Å². The van der Waals surface area contributed by atoms with Crippen molar-refractivity contribution in [2.75, 3.05) is 6.54 Å². The topological polar surface area (TPSA) is 90.0 Å². The number of nitrogens with zero attached hydrogens (tertiary/aromatic N) is 3. The Hall–Kier alpha value is -3.52. The average molecular weight is 392 g/mol.